The highest BCUT2D eigenvalue weighted by atomic mass is 35.5. The minimum absolute atomic E-state index is 0.131. The standard InChI is InChI=1S/C22H31ClN2O2/c1-4-5-20(24)22(14(2)3)9-6-16(7-10-22)27-19-13-15(23)12-18-17(19)8-11-25-21(18)26/h8,11-14,16,20H,4-7,9-10,24H2,1-3H3,(H,25,26)/t16-,20-,22-/m0/s1. The van der Waals surface area contributed by atoms with Crippen LogP contribution in [0.25, 0.3) is 10.8 Å². The van der Waals surface area contributed by atoms with Gasteiger partial charge in [-0.2, -0.15) is 0 Å². The van der Waals surface area contributed by atoms with E-state index in [-0.39, 0.29) is 23.1 Å². The third-order valence-corrected chi connectivity index (χ3v) is 6.68. The average molecular weight is 391 g/mol. The molecule has 1 aliphatic rings. The zero-order valence-corrected chi connectivity index (χ0v) is 17.3. The largest absolute Gasteiger partial charge is 0.490 e. The van der Waals surface area contributed by atoms with E-state index in [0.29, 0.717) is 22.1 Å². The molecule has 4 nitrogen and oxygen atoms in total. The van der Waals surface area contributed by atoms with Crippen LogP contribution in [-0.4, -0.2) is 17.1 Å². The molecule has 0 radical (unpaired) electrons. The molecule has 3 N–H and O–H groups in total. The van der Waals surface area contributed by atoms with Crippen LogP contribution in [0.5, 0.6) is 5.75 Å². The SMILES string of the molecule is CCC[C@H](N)[C@]1(C(C)C)CC[C@@H](Oc2cc(Cl)cc3c(=O)[nH]ccc23)CC1. The average Bonchev–Trinajstić information content (AvgIpc) is 2.63. The normalized spacial score (nSPS) is 24.3. The quantitative estimate of drug-likeness (QED) is 0.705. The molecule has 0 spiro atoms. The predicted molar refractivity (Wildman–Crippen MR) is 113 cm³/mol. The van der Waals surface area contributed by atoms with Gasteiger partial charge in [-0.3, -0.25) is 4.79 Å². The van der Waals surface area contributed by atoms with E-state index < -0.39 is 0 Å². The van der Waals surface area contributed by atoms with E-state index >= 15 is 0 Å². The number of rotatable bonds is 6. The molecule has 148 valence electrons. The number of H-pyrrole nitrogens is 1. The fourth-order valence-electron chi connectivity index (χ4n) is 4.73. The molecule has 0 saturated heterocycles. The van der Waals surface area contributed by atoms with Gasteiger partial charge in [-0.05, 0) is 61.6 Å². The maximum atomic E-state index is 12.1. The molecule has 1 atom stereocenters. The van der Waals surface area contributed by atoms with Crippen molar-refractivity contribution >= 4 is 22.4 Å². The maximum Gasteiger partial charge on any atom is 0.255 e. The Morgan fingerprint density at radius 1 is 1.30 bits per heavy atom. The van der Waals surface area contributed by atoms with Crippen LogP contribution in [0.15, 0.2) is 29.2 Å². The first-order valence-corrected chi connectivity index (χ1v) is 10.5. The third-order valence-electron chi connectivity index (χ3n) is 6.46. The van der Waals surface area contributed by atoms with Crippen molar-refractivity contribution in [3.8, 4) is 5.75 Å². The zero-order chi connectivity index (χ0) is 19.6. The number of aromatic amines is 1. The maximum absolute atomic E-state index is 12.1. The Balaban J connectivity index is 1.79. The van der Waals surface area contributed by atoms with Crippen molar-refractivity contribution in [3.05, 3.63) is 39.8 Å². The number of nitrogens with two attached hydrogens (primary N) is 1. The molecule has 0 amide bonds. The van der Waals surface area contributed by atoms with Crippen LogP contribution in [0.3, 0.4) is 0 Å². The summed E-state index contributed by atoms with van der Waals surface area (Å²) < 4.78 is 6.34. The molecular weight excluding hydrogens is 360 g/mol. The summed E-state index contributed by atoms with van der Waals surface area (Å²) >= 11 is 6.23. The smallest absolute Gasteiger partial charge is 0.255 e. The molecule has 5 heteroatoms. The van der Waals surface area contributed by atoms with Crippen LogP contribution in [0.2, 0.25) is 5.02 Å². The molecule has 27 heavy (non-hydrogen) atoms. The van der Waals surface area contributed by atoms with Crippen LogP contribution < -0.4 is 16.0 Å². The highest BCUT2D eigenvalue weighted by Gasteiger charge is 2.42. The Morgan fingerprint density at radius 3 is 2.63 bits per heavy atom. The fraction of sp³-hybridized carbons (Fsp3) is 0.591. The molecule has 1 aliphatic carbocycles. The summed E-state index contributed by atoms with van der Waals surface area (Å²) in [4.78, 5) is 14.8. The first-order valence-electron chi connectivity index (χ1n) is 10.1. The molecule has 0 bridgehead atoms. The van der Waals surface area contributed by atoms with Gasteiger partial charge in [0.25, 0.3) is 5.56 Å². The van der Waals surface area contributed by atoms with Crippen molar-refractivity contribution in [2.24, 2.45) is 17.1 Å². The summed E-state index contributed by atoms with van der Waals surface area (Å²) in [5.74, 6) is 1.26. The van der Waals surface area contributed by atoms with E-state index in [1.165, 1.54) is 0 Å². The summed E-state index contributed by atoms with van der Waals surface area (Å²) in [7, 11) is 0. The summed E-state index contributed by atoms with van der Waals surface area (Å²) in [6.45, 7) is 6.80. The molecule has 1 saturated carbocycles. The van der Waals surface area contributed by atoms with Gasteiger partial charge in [-0.25, -0.2) is 0 Å². The van der Waals surface area contributed by atoms with E-state index in [1.807, 2.05) is 12.1 Å². The van der Waals surface area contributed by atoms with Crippen molar-refractivity contribution < 1.29 is 4.74 Å². The molecule has 0 unspecified atom stereocenters. The molecule has 1 heterocycles. The Hall–Kier alpha value is -1.52. The van der Waals surface area contributed by atoms with Gasteiger partial charge >= 0.3 is 0 Å². The molecular formula is C22H31ClN2O2. The number of hydrogen-bond acceptors (Lipinski definition) is 3. The van der Waals surface area contributed by atoms with E-state index in [4.69, 9.17) is 22.1 Å². The molecule has 1 aromatic heterocycles. The number of fused-ring (bicyclic) bond motifs is 1. The molecule has 0 aliphatic heterocycles. The van der Waals surface area contributed by atoms with Gasteiger partial charge in [0.05, 0.1) is 11.5 Å². The lowest BCUT2D eigenvalue weighted by molar-refractivity contribution is 0.0248. The van der Waals surface area contributed by atoms with Crippen LogP contribution in [0, 0.1) is 11.3 Å². The van der Waals surface area contributed by atoms with E-state index in [9.17, 15) is 4.79 Å². The van der Waals surface area contributed by atoms with Gasteiger partial charge in [0.2, 0.25) is 0 Å². The predicted octanol–water partition coefficient (Wildman–Crippen LogP) is 5.27. The number of benzene rings is 1. The Kier molecular flexibility index (Phi) is 6.17. The fourth-order valence-corrected chi connectivity index (χ4v) is 4.94. The van der Waals surface area contributed by atoms with Crippen molar-refractivity contribution in [2.45, 2.75) is 71.4 Å². The van der Waals surface area contributed by atoms with Gasteiger partial charge in [0.15, 0.2) is 0 Å². The number of nitrogens with one attached hydrogen (secondary N) is 1. The van der Waals surface area contributed by atoms with Crippen LogP contribution in [0.1, 0.15) is 59.3 Å². The number of pyridine rings is 1. The van der Waals surface area contributed by atoms with Crippen molar-refractivity contribution in [1.29, 1.82) is 0 Å². The number of aromatic nitrogens is 1. The Bertz CT molecular complexity index is 838. The van der Waals surface area contributed by atoms with Crippen LogP contribution in [-0.2, 0) is 0 Å². The van der Waals surface area contributed by atoms with E-state index in [2.05, 4.69) is 25.8 Å². The second kappa shape index (κ2) is 8.24. The van der Waals surface area contributed by atoms with Crippen LogP contribution in [0.4, 0.5) is 0 Å². The summed E-state index contributed by atoms with van der Waals surface area (Å²) in [6, 6.07) is 5.63. The first kappa shape index (κ1) is 20.2. The lowest BCUT2D eigenvalue weighted by Gasteiger charge is -2.47. The van der Waals surface area contributed by atoms with Gasteiger partial charge < -0.3 is 15.5 Å². The minimum atomic E-state index is -0.146. The molecule has 3 rings (SSSR count). The molecule has 2 aromatic rings. The third kappa shape index (κ3) is 4.02. The van der Waals surface area contributed by atoms with Gasteiger partial charge in [0.1, 0.15) is 5.75 Å². The topological polar surface area (TPSA) is 68.1 Å². The number of halogens is 1. The Morgan fingerprint density at radius 2 is 2.00 bits per heavy atom. The highest BCUT2D eigenvalue weighted by molar-refractivity contribution is 6.31. The lowest BCUT2D eigenvalue weighted by atomic mass is 9.61. The summed E-state index contributed by atoms with van der Waals surface area (Å²) in [5.41, 5.74) is 6.66. The number of ether oxygens (including phenoxy) is 1. The van der Waals surface area contributed by atoms with E-state index in [1.54, 1.807) is 12.3 Å². The molecule has 1 fully saturated rings. The van der Waals surface area contributed by atoms with Gasteiger partial charge in [0, 0.05) is 22.6 Å². The highest BCUT2D eigenvalue weighted by Crippen LogP contribution is 2.46. The van der Waals surface area contributed by atoms with E-state index in [0.717, 1.165) is 43.9 Å². The van der Waals surface area contributed by atoms with Crippen molar-refractivity contribution in [2.75, 3.05) is 0 Å². The summed E-state index contributed by atoms with van der Waals surface area (Å²) in [6.07, 6.45) is 8.10. The lowest BCUT2D eigenvalue weighted by Crippen LogP contribution is -2.49. The minimum Gasteiger partial charge on any atom is -0.490 e. The van der Waals surface area contributed by atoms with Crippen molar-refractivity contribution in [1.82, 2.24) is 4.98 Å². The Labute approximate surface area is 166 Å². The molecule has 1 aromatic carbocycles. The van der Waals surface area contributed by atoms with Gasteiger partial charge in [-0.1, -0.05) is 38.8 Å². The monoisotopic (exact) mass is 390 g/mol. The second-order valence-corrected chi connectivity index (χ2v) is 8.71. The van der Waals surface area contributed by atoms with Crippen molar-refractivity contribution in [3.63, 3.8) is 0 Å². The first-order chi connectivity index (χ1) is 12.9. The second-order valence-electron chi connectivity index (χ2n) is 8.27. The summed E-state index contributed by atoms with van der Waals surface area (Å²) in [5, 5.41) is 1.90. The zero-order valence-electron chi connectivity index (χ0n) is 16.6. The number of hydrogen-bond donors (Lipinski definition) is 2. The van der Waals surface area contributed by atoms with Gasteiger partial charge in [-0.15, -0.1) is 0 Å². The van der Waals surface area contributed by atoms with Crippen LogP contribution >= 0.6 is 11.6 Å².